The van der Waals surface area contributed by atoms with E-state index < -0.39 is 15.9 Å². The summed E-state index contributed by atoms with van der Waals surface area (Å²) in [5.41, 5.74) is 1.51. The molecule has 0 spiro atoms. The maximum absolute atomic E-state index is 12.9. The van der Waals surface area contributed by atoms with Gasteiger partial charge in [0.25, 0.3) is 15.9 Å². The fraction of sp³-hybridized carbons (Fsp3) is 0.100. The molecule has 0 bridgehead atoms. The lowest BCUT2D eigenvalue weighted by Gasteiger charge is -2.15. The number of anilines is 2. The predicted molar refractivity (Wildman–Crippen MR) is 122 cm³/mol. The van der Waals surface area contributed by atoms with E-state index in [4.69, 9.17) is 16.0 Å². The van der Waals surface area contributed by atoms with Crippen molar-refractivity contribution in [3.63, 3.8) is 0 Å². The zero-order chi connectivity index (χ0) is 22.9. The molecule has 32 heavy (non-hydrogen) atoms. The van der Waals surface area contributed by atoms with Crippen LogP contribution in [0.25, 0.3) is 11.4 Å². The number of hydrogen-bond donors (Lipinski definition) is 1. The highest BCUT2D eigenvalue weighted by Gasteiger charge is 2.29. The number of aromatic nitrogens is 3. The minimum absolute atomic E-state index is 0.0630. The number of carbonyl (C=O) groups excluding carboxylic acids is 1. The molecule has 0 saturated heterocycles. The monoisotopic (exact) mass is 489 g/mol. The Hall–Kier alpha value is -3.28. The minimum atomic E-state index is -4.04. The largest absolute Gasteiger partial charge is 0.417 e. The number of rotatable bonds is 6. The summed E-state index contributed by atoms with van der Waals surface area (Å²) in [5, 5.41) is 4.80. The van der Waals surface area contributed by atoms with Gasteiger partial charge in [-0.2, -0.15) is 4.98 Å². The van der Waals surface area contributed by atoms with Crippen molar-refractivity contribution in [3.05, 3.63) is 70.5 Å². The summed E-state index contributed by atoms with van der Waals surface area (Å²) in [7, 11) is -2.77. The average molecular weight is 490 g/mol. The van der Waals surface area contributed by atoms with Gasteiger partial charge in [0.05, 0.1) is 16.4 Å². The first kappa shape index (κ1) is 21.9. The highest BCUT2D eigenvalue weighted by Crippen LogP contribution is 2.29. The number of oxazole rings is 1. The second-order valence-electron chi connectivity index (χ2n) is 6.52. The number of pyridine rings is 1. The number of thiazole rings is 1. The molecule has 4 aromatic rings. The van der Waals surface area contributed by atoms with Gasteiger partial charge in [0.15, 0.2) is 5.13 Å². The number of carbonyl (C=O) groups is 1. The van der Waals surface area contributed by atoms with Crippen LogP contribution in [0.3, 0.4) is 0 Å². The molecule has 164 valence electrons. The normalized spacial score (nSPS) is 11.3. The van der Waals surface area contributed by atoms with E-state index in [2.05, 4.69) is 20.3 Å². The lowest BCUT2D eigenvalue weighted by molar-refractivity contribution is 0.0996. The molecule has 1 aromatic carbocycles. The van der Waals surface area contributed by atoms with Crippen LogP contribution in [-0.4, -0.2) is 36.3 Å². The molecule has 4 rings (SSSR count). The van der Waals surface area contributed by atoms with Gasteiger partial charge in [-0.05, 0) is 31.2 Å². The van der Waals surface area contributed by atoms with E-state index in [1.165, 1.54) is 30.5 Å². The Morgan fingerprint density at radius 2 is 1.88 bits per heavy atom. The Labute approximate surface area is 192 Å². The summed E-state index contributed by atoms with van der Waals surface area (Å²) >= 11 is 7.26. The smallest absolute Gasteiger partial charge is 0.312 e. The van der Waals surface area contributed by atoms with Crippen LogP contribution in [0.4, 0.5) is 11.1 Å². The molecule has 1 N–H and O–H groups in total. The zero-order valence-corrected chi connectivity index (χ0v) is 19.2. The Kier molecular flexibility index (Phi) is 5.96. The topological polar surface area (TPSA) is 118 Å². The molecule has 0 aliphatic heterocycles. The maximum atomic E-state index is 12.9. The first-order valence-corrected chi connectivity index (χ1v) is 11.9. The number of sulfonamides is 1. The third kappa shape index (κ3) is 4.22. The van der Waals surface area contributed by atoms with E-state index >= 15 is 0 Å². The van der Waals surface area contributed by atoms with Gasteiger partial charge in [0.1, 0.15) is 10.6 Å². The second-order valence-corrected chi connectivity index (χ2v) is 9.72. The van der Waals surface area contributed by atoms with E-state index in [1.54, 1.807) is 36.7 Å². The standard InChI is InChI=1S/C20H16ClN5O4S2/c1-12-17(18(27)25-19-24-15(11-31-19)14-8-5-6-10-22-14)30-20(23-12)26(2)32(28,29)16-9-4-3-7-13(16)21/h3-11H,1-2H3,(H,24,25,27). The van der Waals surface area contributed by atoms with E-state index in [9.17, 15) is 13.2 Å². The van der Waals surface area contributed by atoms with Gasteiger partial charge in [-0.3, -0.25) is 15.1 Å². The van der Waals surface area contributed by atoms with Crippen molar-refractivity contribution in [1.29, 1.82) is 0 Å². The summed E-state index contributed by atoms with van der Waals surface area (Å²) in [6, 6.07) is 11.2. The van der Waals surface area contributed by atoms with Gasteiger partial charge in [-0.15, -0.1) is 11.3 Å². The van der Waals surface area contributed by atoms with Gasteiger partial charge in [0.2, 0.25) is 5.76 Å². The molecule has 0 aliphatic carbocycles. The van der Waals surface area contributed by atoms with Crippen molar-refractivity contribution in [2.75, 3.05) is 16.7 Å². The molecule has 0 fully saturated rings. The molecule has 0 aliphatic rings. The van der Waals surface area contributed by atoms with E-state index in [-0.39, 0.29) is 27.4 Å². The van der Waals surface area contributed by atoms with Gasteiger partial charge in [-0.25, -0.2) is 17.7 Å². The minimum Gasteiger partial charge on any atom is -0.417 e. The fourth-order valence-corrected chi connectivity index (χ4v) is 5.02. The van der Waals surface area contributed by atoms with Crippen LogP contribution < -0.4 is 9.62 Å². The van der Waals surface area contributed by atoms with Crippen molar-refractivity contribution in [2.24, 2.45) is 0 Å². The molecular formula is C20H16ClN5O4S2. The van der Waals surface area contributed by atoms with Crippen LogP contribution in [0, 0.1) is 6.92 Å². The summed E-state index contributed by atoms with van der Waals surface area (Å²) in [6.45, 7) is 1.54. The molecule has 12 heteroatoms. The number of aryl methyl sites for hydroxylation is 1. The molecule has 3 aromatic heterocycles. The van der Waals surface area contributed by atoms with Crippen molar-refractivity contribution < 1.29 is 17.6 Å². The molecular weight excluding hydrogens is 474 g/mol. The van der Waals surface area contributed by atoms with Gasteiger partial charge >= 0.3 is 6.01 Å². The molecule has 9 nitrogen and oxygen atoms in total. The van der Waals surface area contributed by atoms with Gasteiger partial charge in [-0.1, -0.05) is 29.8 Å². The van der Waals surface area contributed by atoms with Crippen LogP contribution in [0.2, 0.25) is 5.02 Å². The molecule has 0 atom stereocenters. The summed E-state index contributed by atoms with van der Waals surface area (Å²) in [5.74, 6) is -0.734. The Bertz CT molecular complexity index is 1390. The molecule has 3 heterocycles. The maximum Gasteiger partial charge on any atom is 0.312 e. The number of hydrogen-bond acceptors (Lipinski definition) is 8. The van der Waals surface area contributed by atoms with Crippen LogP contribution in [0.15, 0.2) is 63.4 Å². The molecule has 1 amide bonds. The first-order chi connectivity index (χ1) is 15.3. The first-order valence-electron chi connectivity index (χ1n) is 9.16. The number of halogens is 1. The van der Waals surface area contributed by atoms with Gasteiger partial charge < -0.3 is 4.42 Å². The quantitative estimate of drug-likeness (QED) is 0.430. The predicted octanol–water partition coefficient (Wildman–Crippen LogP) is 4.23. The lowest BCUT2D eigenvalue weighted by atomic mass is 10.3. The SMILES string of the molecule is Cc1nc(N(C)S(=O)(=O)c2ccccc2Cl)oc1C(=O)Nc1nc(-c2ccccn2)cs1. The zero-order valence-electron chi connectivity index (χ0n) is 16.8. The number of benzene rings is 1. The van der Waals surface area contributed by atoms with E-state index in [0.29, 0.717) is 16.5 Å². The third-order valence-corrected chi connectivity index (χ3v) is 7.38. The summed E-state index contributed by atoms with van der Waals surface area (Å²) in [6.07, 6.45) is 1.65. The highest BCUT2D eigenvalue weighted by atomic mass is 35.5. The molecule has 0 saturated carbocycles. The van der Waals surface area contributed by atoms with Crippen molar-refractivity contribution >= 4 is 50.0 Å². The van der Waals surface area contributed by atoms with Crippen molar-refractivity contribution in [1.82, 2.24) is 15.0 Å². The molecule has 0 radical (unpaired) electrons. The third-order valence-electron chi connectivity index (χ3n) is 4.39. The van der Waals surface area contributed by atoms with Crippen LogP contribution in [0.1, 0.15) is 16.2 Å². The summed E-state index contributed by atoms with van der Waals surface area (Å²) in [4.78, 5) is 25.3. The van der Waals surface area contributed by atoms with E-state index in [0.717, 1.165) is 4.31 Å². The highest BCUT2D eigenvalue weighted by molar-refractivity contribution is 7.92. The van der Waals surface area contributed by atoms with Gasteiger partial charge in [0, 0.05) is 18.6 Å². The average Bonchev–Trinajstić information content (AvgIpc) is 3.40. The Balaban J connectivity index is 1.55. The van der Waals surface area contributed by atoms with Crippen LogP contribution >= 0.6 is 22.9 Å². The summed E-state index contributed by atoms with van der Waals surface area (Å²) < 4.78 is 32.1. The van der Waals surface area contributed by atoms with Crippen molar-refractivity contribution in [2.45, 2.75) is 11.8 Å². The lowest BCUT2D eigenvalue weighted by Crippen LogP contribution is -2.27. The fourth-order valence-electron chi connectivity index (χ4n) is 2.75. The second kappa shape index (κ2) is 8.69. The van der Waals surface area contributed by atoms with Crippen LogP contribution in [-0.2, 0) is 10.0 Å². The number of nitrogens with zero attached hydrogens (tertiary/aromatic N) is 4. The van der Waals surface area contributed by atoms with Crippen molar-refractivity contribution in [3.8, 4) is 11.4 Å². The Morgan fingerprint density at radius 3 is 2.59 bits per heavy atom. The number of amides is 1. The Morgan fingerprint density at radius 1 is 1.12 bits per heavy atom. The number of nitrogens with one attached hydrogen (secondary N) is 1. The van der Waals surface area contributed by atoms with Crippen LogP contribution in [0.5, 0.6) is 0 Å². The molecule has 0 unspecified atom stereocenters. The van der Waals surface area contributed by atoms with E-state index in [1.807, 2.05) is 12.1 Å².